The molecular weight excluding hydrogens is 517 g/mol. The Bertz CT molecular complexity index is 1370. The number of imide groups is 1. The van der Waals surface area contributed by atoms with E-state index in [1.54, 1.807) is 48.5 Å². The monoisotopic (exact) mass is 533 g/mol. The van der Waals surface area contributed by atoms with Crippen molar-refractivity contribution in [2.75, 3.05) is 11.9 Å². The summed E-state index contributed by atoms with van der Waals surface area (Å²) in [6.07, 6.45) is 1.65. The van der Waals surface area contributed by atoms with Crippen molar-refractivity contribution in [2.45, 2.75) is 13.8 Å². The number of carbonyl (C=O) groups excluding carboxylic acids is 3. The van der Waals surface area contributed by atoms with Gasteiger partial charge in [0.15, 0.2) is 0 Å². The molecule has 1 aliphatic rings. The Hall–Kier alpha value is -2.71. The molecule has 0 spiro atoms. The zero-order valence-corrected chi connectivity index (χ0v) is 21.1. The maximum absolute atomic E-state index is 12.9. The number of rotatable bonds is 5. The molecule has 34 heavy (non-hydrogen) atoms. The zero-order valence-electron chi connectivity index (χ0n) is 18.1. The summed E-state index contributed by atoms with van der Waals surface area (Å²) in [6, 6.07) is 13.8. The maximum Gasteiger partial charge on any atom is 0.294 e. The average Bonchev–Trinajstić information content (AvgIpc) is 3.21. The van der Waals surface area contributed by atoms with Crippen molar-refractivity contribution in [1.29, 1.82) is 0 Å². The number of para-hydroxylation sites is 1. The Labute approximate surface area is 215 Å². The van der Waals surface area contributed by atoms with E-state index < -0.39 is 23.6 Å². The van der Waals surface area contributed by atoms with Crippen LogP contribution in [0.25, 0.3) is 11.8 Å². The molecule has 0 unspecified atom stereocenters. The molecule has 0 bridgehead atoms. The van der Waals surface area contributed by atoms with Crippen LogP contribution in [0.1, 0.15) is 17.0 Å². The molecule has 3 amide bonds. The van der Waals surface area contributed by atoms with Crippen LogP contribution in [0.2, 0.25) is 15.1 Å². The summed E-state index contributed by atoms with van der Waals surface area (Å²) in [6.45, 7) is 3.38. The highest BCUT2D eigenvalue weighted by Crippen LogP contribution is 2.35. The van der Waals surface area contributed by atoms with Crippen LogP contribution in [0, 0.1) is 13.8 Å². The molecule has 1 N–H and O–H groups in total. The van der Waals surface area contributed by atoms with Gasteiger partial charge in [0.1, 0.15) is 6.54 Å². The highest BCUT2D eigenvalue weighted by molar-refractivity contribution is 8.18. The summed E-state index contributed by atoms with van der Waals surface area (Å²) in [5, 5.41) is 3.54. The van der Waals surface area contributed by atoms with Gasteiger partial charge in [-0.1, -0.05) is 46.9 Å². The molecule has 4 rings (SSSR count). The van der Waals surface area contributed by atoms with Crippen molar-refractivity contribution < 1.29 is 14.4 Å². The van der Waals surface area contributed by atoms with E-state index in [1.165, 1.54) is 0 Å². The third-order valence-corrected chi connectivity index (χ3v) is 7.02. The van der Waals surface area contributed by atoms with Gasteiger partial charge in [0, 0.05) is 16.4 Å². The first-order chi connectivity index (χ1) is 16.2. The molecule has 1 saturated heterocycles. The van der Waals surface area contributed by atoms with E-state index in [1.807, 2.05) is 24.5 Å². The van der Waals surface area contributed by atoms with Gasteiger partial charge in [0.25, 0.3) is 11.1 Å². The number of benzene rings is 2. The van der Waals surface area contributed by atoms with Gasteiger partial charge in [-0.15, -0.1) is 0 Å². The Morgan fingerprint density at radius 3 is 2.50 bits per heavy atom. The van der Waals surface area contributed by atoms with E-state index in [-0.39, 0.29) is 4.91 Å². The fraction of sp³-hybridized carbons (Fsp3) is 0.125. The lowest BCUT2D eigenvalue weighted by Crippen LogP contribution is -2.36. The topological polar surface area (TPSA) is 71.4 Å². The van der Waals surface area contributed by atoms with Crippen LogP contribution in [0.5, 0.6) is 0 Å². The first kappa shape index (κ1) is 24.4. The molecule has 6 nitrogen and oxygen atoms in total. The average molecular weight is 535 g/mol. The third-order valence-electron chi connectivity index (χ3n) is 5.23. The molecule has 2 heterocycles. The van der Waals surface area contributed by atoms with Crippen LogP contribution < -0.4 is 5.32 Å². The molecule has 2 aromatic carbocycles. The number of thioether (sulfide) groups is 1. The quantitative estimate of drug-likeness (QED) is 0.368. The van der Waals surface area contributed by atoms with E-state index in [0.29, 0.717) is 26.4 Å². The Kier molecular flexibility index (Phi) is 7.09. The first-order valence-corrected chi connectivity index (χ1v) is 12.0. The normalized spacial score (nSPS) is 14.9. The van der Waals surface area contributed by atoms with E-state index >= 15 is 0 Å². The van der Waals surface area contributed by atoms with Gasteiger partial charge < -0.3 is 9.88 Å². The lowest BCUT2D eigenvalue weighted by atomic mass is 10.2. The standard InChI is InChI=1S/C24H18Cl3N3O3S/c1-13-9-15(14(2)30(13)20-11-16(25)7-8-18(20)27)10-21-23(32)29(24(33)34-21)12-22(31)28-19-6-4-3-5-17(19)26/h3-11H,12H2,1-2H3,(H,28,31)/b21-10+. The van der Waals surface area contributed by atoms with Gasteiger partial charge >= 0.3 is 0 Å². The summed E-state index contributed by atoms with van der Waals surface area (Å²) in [5.74, 6) is -1.06. The molecule has 1 aromatic heterocycles. The Morgan fingerprint density at radius 1 is 1.03 bits per heavy atom. The number of aromatic nitrogens is 1. The summed E-state index contributed by atoms with van der Waals surface area (Å²) in [4.78, 5) is 39.0. The van der Waals surface area contributed by atoms with Gasteiger partial charge in [-0.05, 0) is 73.6 Å². The first-order valence-electron chi connectivity index (χ1n) is 10.1. The van der Waals surface area contributed by atoms with Crippen molar-refractivity contribution in [3.63, 3.8) is 0 Å². The van der Waals surface area contributed by atoms with Gasteiger partial charge in [0.05, 0.1) is 26.3 Å². The Morgan fingerprint density at radius 2 is 1.76 bits per heavy atom. The maximum atomic E-state index is 12.9. The molecule has 0 aliphatic carbocycles. The lowest BCUT2D eigenvalue weighted by molar-refractivity contribution is -0.127. The summed E-state index contributed by atoms with van der Waals surface area (Å²) >= 11 is 19.4. The molecule has 3 aromatic rings. The second kappa shape index (κ2) is 9.88. The van der Waals surface area contributed by atoms with Gasteiger partial charge in [0.2, 0.25) is 5.91 Å². The fourth-order valence-corrected chi connectivity index (χ4v) is 5.02. The number of aryl methyl sites for hydroxylation is 1. The van der Waals surface area contributed by atoms with Crippen LogP contribution in [0.3, 0.4) is 0 Å². The summed E-state index contributed by atoms with van der Waals surface area (Å²) in [7, 11) is 0. The minimum absolute atomic E-state index is 0.230. The van der Waals surface area contributed by atoms with Crippen molar-refractivity contribution in [3.8, 4) is 5.69 Å². The number of hydrogen-bond acceptors (Lipinski definition) is 4. The summed E-state index contributed by atoms with van der Waals surface area (Å²) < 4.78 is 1.93. The van der Waals surface area contributed by atoms with Crippen LogP contribution >= 0.6 is 46.6 Å². The number of nitrogens with one attached hydrogen (secondary N) is 1. The number of hydrogen-bond donors (Lipinski definition) is 1. The minimum atomic E-state index is -0.533. The molecule has 1 aliphatic heterocycles. The number of amides is 3. The highest BCUT2D eigenvalue weighted by atomic mass is 35.5. The van der Waals surface area contributed by atoms with E-state index in [4.69, 9.17) is 34.8 Å². The van der Waals surface area contributed by atoms with E-state index in [2.05, 4.69) is 5.32 Å². The van der Waals surface area contributed by atoms with Crippen LogP contribution in [-0.2, 0) is 9.59 Å². The van der Waals surface area contributed by atoms with Crippen molar-refractivity contribution >= 4 is 75.4 Å². The Balaban J connectivity index is 1.56. The predicted molar refractivity (Wildman–Crippen MR) is 138 cm³/mol. The number of carbonyl (C=O) groups is 3. The van der Waals surface area contributed by atoms with Crippen LogP contribution in [0.15, 0.2) is 53.4 Å². The van der Waals surface area contributed by atoms with E-state index in [0.717, 1.165) is 33.6 Å². The molecule has 0 saturated carbocycles. The van der Waals surface area contributed by atoms with Crippen molar-refractivity contribution in [1.82, 2.24) is 9.47 Å². The van der Waals surface area contributed by atoms with Crippen LogP contribution in [-0.4, -0.2) is 33.1 Å². The molecule has 0 atom stereocenters. The van der Waals surface area contributed by atoms with Crippen LogP contribution in [0.4, 0.5) is 10.5 Å². The van der Waals surface area contributed by atoms with Gasteiger partial charge in [-0.3, -0.25) is 19.3 Å². The fourth-order valence-electron chi connectivity index (χ4n) is 3.64. The van der Waals surface area contributed by atoms with Crippen molar-refractivity contribution in [3.05, 3.63) is 85.5 Å². The lowest BCUT2D eigenvalue weighted by Gasteiger charge is -2.13. The van der Waals surface area contributed by atoms with Gasteiger partial charge in [-0.25, -0.2) is 0 Å². The zero-order chi connectivity index (χ0) is 24.6. The second-order valence-electron chi connectivity index (χ2n) is 7.55. The smallest absolute Gasteiger partial charge is 0.294 e. The molecule has 1 fully saturated rings. The number of anilines is 1. The molecular formula is C24H18Cl3N3O3S. The molecule has 174 valence electrons. The predicted octanol–water partition coefficient (Wildman–Crippen LogP) is 6.73. The largest absolute Gasteiger partial charge is 0.323 e. The van der Waals surface area contributed by atoms with Gasteiger partial charge in [-0.2, -0.15) is 0 Å². The third kappa shape index (κ3) is 4.88. The van der Waals surface area contributed by atoms with E-state index in [9.17, 15) is 14.4 Å². The molecule has 10 heteroatoms. The highest BCUT2D eigenvalue weighted by Gasteiger charge is 2.36. The minimum Gasteiger partial charge on any atom is -0.323 e. The van der Waals surface area contributed by atoms with Crippen molar-refractivity contribution in [2.24, 2.45) is 0 Å². The SMILES string of the molecule is Cc1cc(/C=C2/SC(=O)N(CC(=O)Nc3ccccc3Cl)C2=O)c(C)n1-c1cc(Cl)ccc1Cl. The summed E-state index contributed by atoms with van der Waals surface area (Å²) in [5.41, 5.74) is 3.58. The second-order valence-corrected chi connectivity index (χ2v) is 9.80. The molecule has 0 radical (unpaired) electrons. The number of nitrogens with zero attached hydrogens (tertiary/aromatic N) is 2. The number of halogens is 3.